The summed E-state index contributed by atoms with van der Waals surface area (Å²) in [5.74, 6) is 0. The molecule has 0 aliphatic carbocycles. The van der Waals surface area contributed by atoms with Crippen molar-refractivity contribution in [2.75, 3.05) is 0 Å². The number of hydrogen-bond donors (Lipinski definition) is 0. The highest BCUT2D eigenvalue weighted by Gasteiger charge is 2.22. The Morgan fingerprint density at radius 3 is 2.78 bits per heavy atom. The average molecular weight is 321 g/mol. The molecule has 1 radical (unpaired) electrons. The first-order chi connectivity index (χ1) is 11.3. The third-order valence-electron chi connectivity index (χ3n) is 4.12. The van der Waals surface area contributed by atoms with Crippen LogP contribution in [0.3, 0.4) is 0 Å². The maximum Gasteiger partial charge on any atom is 0.116 e. The fourth-order valence-electron chi connectivity index (χ4n) is 2.95. The summed E-state index contributed by atoms with van der Waals surface area (Å²) in [5.41, 5.74) is 5.23. The lowest BCUT2D eigenvalue weighted by Crippen LogP contribution is -2.18. The molecule has 0 N–H and O–H groups in total. The minimum absolute atomic E-state index is 0.0887. The molecular weight excluding hydrogens is 306 g/mol. The van der Waals surface area contributed by atoms with E-state index in [4.69, 9.17) is 16.9 Å². The van der Waals surface area contributed by atoms with Gasteiger partial charge >= 0.3 is 0 Å². The molecule has 3 aromatic rings. The SMILES string of the molecule is Clc1cccc(-c2cc(C3CCc4ccccc4[N]3)ncn2)c1. The maximum absolute atomic E-state index is 6.08. The van der Waals surface area contributed by atoms with E-state index >= 15 is 0 Å². The van der Waals surface area contributed by atoms with Crippen LogP contribution in [-0.2, 0) is 6.42 Å². The summed E-state index contributed by atoms with van der Waals surface area (Å²) in [7, 11) is 0. The number of aromatic nitrogens is 2. The van der Waals surface area contributed by atoms with Crippen molar-refractivity contribution >= 4 is 17.3 Å². The zero-order valence-electron chi connectivity index (χ0n) is 12.5. The van der Waals surface area contributed by atoms with Gasteiger partial charge in [0, 0.05) is 10.6 Å². The summed E-state index contributed by atoms with van der Waals surface area (Å²) in [6, 6.07) is 18.1. The topological polar surface area (TPSA) is 39.9 Å². The molecule has 0 saturated heterocycles. The first-order valence-electron chi connectivity index (χ1n) is 7.66. The highest BCUT2D eigenvalue weighted by molar-refractivity contribution is 6.30. The average Bonchev–Trinajstić information content (AvgIpc) is 2.61. The Kier molecular flexibility index (Phi) is 3.72. The summed E-state index contributed by atoms with van der Waals surface area (Å²) in [6.45, 7) is 0. The van der Waals surface area contributed by atoms with Gasteiger partial charge in [-0.05, 0) is 42.7 Å². The molecule has 3 nitrogen and oxygen atoms in total. The molecule has 2 heterocycles. The number of hydrogen-bond acceptors (Lipinski definition) is 2. The number of rotatable bonds is 2. The molecule has 1 aliphatic heterocycles. The first-order valence-corrected chi connectivity index (χ1v) is 8.04. The van der Waals surface area contributed by atoms with Gasteiger partial charge in [0.2, 0.25) is 0 Å². The molecule has 4 heteroatoms. The molecule has 0 spiro atoms. The van der Waals surface area contributed by atoms with Gasteiger partial charge in [-0.3, -0.25) is 5.32 Å². The van der Waals surface area contributed by atoms with Crippen molar-refractivity contribution < 1.29 is 0 Å². The number of para-hydroxylation sites is 1. The van der Waals surface area contributed by atoms with Crippen molar-refractivity contribution in [2.45, 2.75) is 18.9 Å². The molecule has 1 aromatic heterocycles. The van der Waals surface area contributed by atoms with Gasteiger partial charge in [-0.2, -0.15) is 0 Å². The van der Waals surface area contributed by atoms with Crippen LogP contribution in [0.5, 0.6) is 0 Å². The Balaban J connectivity index is 1.65. The monoisotopic (exact) mass is 320 g/mol. The van der Waals surface area contributed by atoms with Crippen molar-refractivity contribution in [3.63, 3.8) is 0 Å². The van der Waals surface area contributed by atoms with Gasteiger partial charge in [0.15, 0.2) is 0 Å². The fraction of sp³-hybridized carbons (Fsp3) is 0.158. The summed E-state index contributed by atoms with van der Waals surface area (Å²) in [5, 5.41) is 5.56. The summed E-state index contributed by atoms with van der Waals surface area (Å²) in [6.07, 6.45) is 3.62. The molecule has 23 heavy (non-hydrogen) atoms. The first kappa shape index (κ1) is 14.2. The van der Waals surface area contributed by atoms with Crippen LogP contribution in [-0.4, -0.2) is 9.97 Å². The smallest absolute Gasteiger partial charge is 0.116 e. The third-order valence-corrected chi connectivity index (χ3v) is 4.36. The highest BCUT2D eigenvalue weighted by Crippen LogP contribution is 2.32. The number of halogens is 1. The lowest BCUT2D eigenvalue weighted by atomic mass is 9.95. The molecule has 0 bridgehead atoms. The van der Waals surface area contributed by atoms with Crippen molar-refractivity contribution in [1.82, 2.24) is 15.3 Å². The van der Waals surface area contributed by atoms with Gasteiger partial charge in [0.05, 0.1) is 23.1 Å². The van der Waals surface area contributed by atoms with Crippen LogP contribution in [0.25, 0.3) is 11.3 Å². The highest BCUT2D eigenvalue weighted by atomic mass is 35.5. The van der Waals surface area contributed by atoms with Gasteiger partial charge in [0.25, 0.3) is 0 Å². The normalized spacial score (nSPS) is 16.5. The molecular formula is C19H15ClN3. The quantitative estimate of drug-likeness (QED) is 0.685. The largest absolute Gasteiger partial charge is 0.275 e. The van der Waals surface area contributed by atoms with Gasteiger partial charge in [0.1, 0.15) is 6.33 Å². The van der Waals surface area contributed by atoms with E-state index in [1.54, 1.807) is 6.33 Å². The Morgan fingerprint density at radius 1 is 0.957 bits per heavy atom. The van der Waals surface area contributed by atoms with Crippen LogP contribution in [0, 0.1) is 0 Å². The molecule has 4 rings (SSSR count). The lowest BCUT2D eigenvalue weighted by Gasteiger charge is -2.24. The number of aryl methyl sites for hydroxylation is 1. The van der Waals surface area contributed by atoms with Crippen molar-refractivity contribution in [3.8, 4) is 11.3 Å². The van der Waals surface area contributed by atoms with Crippen molar-refractivity contribution in [3.05, 3.63) is 77.2 Å². The van der Waals surface area contributed by atoms with Crippen LogP contribution in [0.1, 0.15) is 23.7 Å². The van der Waals surface area contributed by atoms with E-state index in [2.05, 4.69) is 28.2 Å². The minimum Gasteiger partial charge on any atom is -0.275 e. The van der Waals surface area contributed by atoms with E-state index in [0.29, 0.717) is 5.02 Å². The van der Waals surface area contributed by atoms with Gasteiger partial charge in [-0.15, -0.1) is 0 Å². The fourth-order valence-corrected chi connectivity index (χ4v) is 3.14. The Hall–Kier alpha value is -2.39. The third kappa shape index (κ3) is 2.92. The Morgan fingerprint density at radius 2 is 1.87 bits per heavy atom. The van der Waals surface area contributed by atoms with E-state index in [1.807, 2.05) is 36.4 Å². The summed E-state index contributed by atoms with van der Waals surface area (Å²) < 4.78 is 0. The molecule has 2 aromatic carbocycles. The lowest BCUT2D eigenvalue weighted by molar-refractivity contribution is 0.525. The molecule has 113 valence electrons. The van der Waals surface area contributed by atoms with Crippen LogP contribution in [0.2, 0.25) is 5.02 Å². The molecule has 0 amide bonds. The predicted molar refractivity (Wildman–Crippen MR) is 91.8 cm³/mol. The summed E-state index contributed by atoms with van der Waals surface area (Å²) in [4.78, 5) is 8.82. The molecule has 1 aliphatic rings. The molecule has 1 unspecified atom stereocenters. The Bertz CT molecular complexity index is 847. The van der Waals surface area contributed by atoms with Gasteiger partial charge in [-0.1, -0.05) is 41.9 Å². The van der Waals surface area contributed by atoms with Crippen LogP contribution in [0.4, 0.5) is 5.69 Å². The predicted octanol–water partition coefficient (Wildman–Crippen LogP) is 4.72. The maximum atomic E-state index is 6.08. The second-order valence-electron chi connectivity index (χ2n) is 5.65. The van der Waals surface area contributed by atoms with Crippen LogP contribution >= 0.6 is 11.6 Å². The zero-order valence-corrected chi connectivity index (χ0v) is 13.2. The van der Waals surface area contributed by atoms with Gasteiger partial charge in [-0.25, -0.2) is 9.97 Å². The standard InChI is InChI=1S/C19H15ClN3/c20-15-6-3-5-14(10-15)18-11-19(22-12-21-18)17-9-8-13-4-1-2-7-16(13)23-17/h1-7,10-12,17H,8-9H2. The van der Waals surface area contributed by atoms with E-state index in [1.165, 1.54) is 5.56 Å². The van der Waals surface area contributed by atoms with Gasteiger partial charge < -0.3 is 0 Å². The summed E-state index contributed by atoms with van der Waals surface area (Å²) >= 11 is 6.08. The number of fused-ring (bicyclic) bond motifs is 1. The minimum atomic E-state index is 0.0887. The zero-order chi connectivity index (χ0) is 15.6. The van der Waals surface area contributed by atoms with Crippen LogP contribution < -0.4 is 5.32 Å². The second kappa shape index (κ2) is 6.01. The number of benzene rings is 2. The van der Waals surface area contributed by atoms with Crippen molar-refractivity contribution in [2.24, 2.45) is 0 Å². The van der Waals surface area contributed by atoms with Crippen LogP contribution in [0.15, 0.2) is 60.9 Å². The van der Waals surface area contributed by atoms with E-state index < -0.39 is 0 Å². The second-order valence-corrected chi connectivity index (χ2v) is 6.09. The van der Waals surface area contributed by atoms with Crippen molar-refractivity contribution in [1.29, 1.82) is 0 Å². The van der Waals surface area contributed by atoms with E-state index in [9.17, 15) is 0 Å². The molecule has 0 fully saturated rings. The van der Waals surface area contributed by atoms with E-state index in [0.717, 1.165) is 35.5 Å². The Labute approximate surface area is 140 Å². The molecule has 0 saturated carbocycles. The number of nitrogens with zero attached hydrogens (tertiary/aromatic N) is 3. The molecule has 1 atom stereocenters. The van der Waals surface area contributed by atoms with E-state index in [-0.39, 0.29) is 6.04 Å².